The highest BCUT2D eigenvalue weighted by atomic mass is 35.5. The molecule has 2 aromatic heterocycles. The van der Waals surface area contributed by atoms with Crippen molar-refractivity contribution in [1.29, 1.82) is 0 Å². The normalized spacial score (nSPS) is 14.6. The number of amides is 1. The highest BCUT2D eigenvalue weighted by Gasteiger charge is 2.47. The summed E-state index contributed by atoms with van der Waals surface area (Å²) in [5.74, 6) is 0. The van der Waals surface area contributed by atoms with Crippen molar-refractivity contribution < 1.29 is 32.2 Å². The SMILES string of the molecule is C[C@@H](OC(=O)Nc1c(-c2ccc(-c3ccc(C4(OC=O)CC4)cc3)cc2)sc2ncc(C(F)(F)F)cc12)c1ccccc1Cl. The first-order valence-corrected chi connectivity index (χ1v) is 14.8. The number of nitrogens with zero attached hydrogens (tertiary/aromatic N) is 1. The zero-order valence-corrected chi connectivity index (χ0v) is 24.7. The molecule has 6 rings (SSSR count). The molecule has 1 N–H and O–H groups in total. The van der Waals surface area contributed by atoms with Gasteiger partial charge in [0.05, 0.1) is 16.1 Å². The van der Waals surface area contributed by atoms with E-state index in [0.29, 0.717) is 32.3 Å². The van der Waals surface area contributed by atoms with Crippen LogP contribution in [0.2, 0.25) is 5.02 Å². The van der Waals surface area contributed by atoms with Crippen LogP contribution in [0.25, 0.3) is 31.8 Å². The minimum Gasteiger partial charge on any atom is -0.456 e. The molecule has 0 spiro atoms. The summed E-state index contributed by atoms with van der Waals surface area (Å²) in [5, 5.41) is 3.24. The third-order valence-electron chi connectivity index (χ3n) is 7.60. The van der Waals surface area contributed by atoms with Crippen LogP contribution in [0.4, 0.5) is 23.7 Å². The maximum Gasteiger partial charge on any atom is 0.417 e. The van der Waals surface area contributed by atoms with Crippen LogP contribution in [-0.4, -0.2) is 17.5 Å². The minimum absolute atomic E-state index is 0.147. The fraction of sp³-hybridized carbons (Fsp3) is 0.182. The number of ether oxygens (including phenoxy) is 2. The van der Waals surface area contributed by atoms with Gasteiger partial charge in [0.15, 0.2) is 0 Å². The number of thiophene rings is 1. The summed E-state index contributed by atoms with van der Waals surface area (Å²) in [5.41, 5.74) is 2.75. The van der Waals surface area contributed by atoms with Crippen molar-refractivity contribution in [1.82, 2.24) is 4.98 Å². The van der Waals surface area contributed by atoms with Gasteiger partial charge >= 0.3 is 12.3 Å². The van der Waals surface area contributed by atoms with Crippen LogP contribution in [0.3, 0.4) is 0 Å². The molecule has 1 saturated carbocycles. The molecular formula is C33H24ClF3N2O4S. The second-order valence-corrected chi connectivity index (χ2v) is 11.8. The van der Waals surface area contributed by atoms with Crippen LogP contribution in [0.5, 0.6) is 0 Å². The topological polar surface area (TPSA) is 77.5 Å². The van der Waals surface area contributed by atoms with Crippen molar-refractivity contribution in [2.75, 3.05) is 5.32 Å². The molecule has 0 bridgehead atoms. The Hall–Kier alpha value is -4.41. The molecule has 1 amide bonds. The van der Waals surface area contributed by atoms with Crippen molar-refractivity contribution in [3.8, 4) is 21.6 Å². The Labute approximate surface area is 259 Å². The van der Waals surface area contributed by atoms with Crippen LogP contribution < -0.4 is 5.32 Å². The van der Waals surface area contributed by atoms with E-state index in [2.05, 4.69) is 10.3 Å². The third-order valence-corrected chi connectivity index (χ3v) is 9.10. The second kappa shape index (κ2) is 11.6. The van der Waals surface area contributed by atoms with E-state index < -0.39 is 29.5 Å². The molecule has 5 aromatic rings. The number of aromatic nitrogens is 1. The van der Waals surface area contributed by atoms with Crippen molar-refractivity contribution in [3.05, 3.63) is 107 Å². The molecule has 0 unspecified atom stereocenters. The van der Waals surface area contributed by atoms with Gasteiger partial charge in [-0.2, -0.15) is 13.2 Å². The van der Waals surface area contributed by atoms with E-state index >= 15 is 0 Å². The molecule has 1 aliphatic rings. The monoisotopic (exact) mass is 636 g/mol. The number of fused-ring (bicyclic) bond motifs is 1. The fourth-order valence-electron chi connectivity index (χ4n) is 5.09. The number of anilines is 1. The minimum atomic E-state index is -4.62. The van der Waals surface area contributed by atoms with Crippen LogP contribution in [0.15, 0.2) is 85.1 Å². The van der Waals surface area contributed by atoms with Gasteiger partial charge in [-0.15, -0.1) is 11.3 Å². The Bertz CT molecular complexity index is 1850. The maximum atomic E-state index is 13.6. The molecule has 1 aliphatic carbocycles. The summed E-state index contributed by atoms with van der Waals surface area (Å²) in [4.78, 5) is 28.8. The lowest BCUT2D eigenvalue weighted by atomic mass is 9.99. The van der Waals surface area contributed by atoms with Gasteiger partial charge < -0.3 is 9.47 Å². The number of benzene rings is 3. The number of alkyl halides is 3. The number of carbonyl (C=O) groups is 2. The Balaban J connectivity index is 1.31. The summed E-state index contributed by atoms with van der Waals surface area (Å²) < 4.78 is 51.6. The van der Waals surface area contributed by atoms with Crippen LogP contribution in [0.1, 0.15) is 42.6 Å². The molecular weight excluding hydrogens is 613 g/mol. The van der Waals surface area contributed by atoms with Gasteiger partial charge in [0.1, 0.15) is 16.5 Å². The molecule has 0 radical (unpaired) electrons. The first-order chi connectivity index (χ1) is 21.1. The first-order valence-electron chi connectivity index (χ1n) is 13.6. The van der Waals surface area contributed by atoms with E-state index in [9.17, 15) is 22.8 Å². The van der Waals surface area contributed by atoms with Crippen LogP contribution in [0, 0.1) is 0 Å². The van der Waals surface area contributed by atoms with Crippen LogP contribution in [-0.2, 0) is 26.0 Å². The summed E-state index contributed by atoms with van der Waals surface area (Å²) in [6.45, 7) is 2.14. The number of pyridine rings is 1. The fourth-order valence-corrected chi connectivity index (χ4v) is 6.46. The van der Waals surface area contributed by atoms with Crippen LogP contribution >= 0.6 is 22.9 Å². The Kier molecular flexibility index (Phi) is 7.81. The highest BCUT2D eigenvalue weighted by Crippen LogP contribution is 2.49. The largest absolute Gasteiger partial charge is 0.456 e. The van der Waals surface area contributed by atoms with E-state index in [1.54, 1.807) is 31.2 Å². The molecule has 11 heteroatoms. The van der Waals surface area contributed by atoms with Crippen molar-refractivity contribution >= 4 is 51.4 Å². The number of carbonyl (C=O) groups excluding carboxylic acids is 2. The van der Waals surface area contributed by atoms with Crippen molar-refractivity contribution in [2.45, 2.75) is 37.6 Å². The summed E-state index contributed by atoms with van der Waals surface area (Å²) in [6.07, 6.45) is -3.82. The number of hydrogen-bond donors (Lipinski definition) is 1. The number of rotatable bonds is 8. The van der Waals surface area contributed by atoms with E-state index in [-0.39, 0.29) is 11.1 Å². The smallest absolute Gasteiger partial charge is 0.417 e. The second-order valence-electron chi connectivity index (χ2n) is 10.4. The van der Waals surface area contributed by atoms with E-state index in [1.807, 2.05) is 48.5 Å². The zero-order valence-electron chi connectivity index (χ0n) is 23.2. The Morgan fingerprint density at radius 1 is 1.02 bits per heavy atom. The molecule has 1 atom stereocenters. The average Bonchev–Trinajstić information content (AvgIpc) is 3.71. The molecule has 6 nitrogen and oxygen atoms in total. The lowest BCUT2D eigenvalue weighted by Crippen LogP contribution is -2.16. The van der Waals surface area contributed by atoms with Gasteiger partial charge in [-0.1, -0.05) is 78.3 Å². The number of nitrogens with one attached hydrogen (secondary N) is 1. The number of halogens is 4. The number of hydrogen-bond acceptors (Lipinski definition) is 6. The summed E-state index contributed by atoms with van der Waals surface area (Å²) in [7, 11) is 0. The van der Waals surface area contributed by atoms with Gasteiger partial charge in [-0.25, -0.2) is 9.78 Å². The zero-order chi connectivity index (χ0) is 31.1. The first kappa shape index (κ1) is 29.7. The van der Waals surface area contributed by atoms with Gasteiger partial charge in [0, 0.05) is 22.2 Å². The van der Waals surface area contributed by atoms with Crippen molar-refractivity contribution in [3.63, 3.8) is 0 Å². The highest BCUT2D eigenvalue weighted by molar-refractivity contribution is 7.22. The molecule has 44 heavy (non-hydrogen) atoms. The average molecular weight is 637 g/mol. The lowest BCUT2D eigenvalue weighted by Gasteiger charge is -2.16. The summed E-state index contributed by atoms with van der Waals surface area (Å²) >= 11 is 7.41. The molecule has 0 saturated heterocycles. The van der Waals surface area contributed by atoms with Crippen molar-refractivity contribution in [2.24, 2.45) is 0 Å². The van der Waals surface area contributed by atoms with E-state index in [4.69, 9.17) is 21.1 Å². The summed E-state index contributed by atoms with van der Waals surface area (Å²) in [6, 6.07) is 23.1. The van der Waals surface area contributed by atoms with Gasteiger partial charge in [-0.3, -0.25) is 10.1 Å². The maximum absolute atomic E-state index is 13.6. The van der Waals surface area contributed by atoms with Gasteiger partial charge in [-0.05, 0) is 54.2 Å². The van der Waals surface area contributed by atoms with Gasteiger partial charge in [0.25, 0.3) is 6.47 Å². The molecule has 224 valence electrons. The Morgan fingerprint density at radius 3 is 2.27 bits per heavy atom. The Morgan fingerprint density at radius 2 is 1.66 bits per heavy atom. The standard InChI is InChI=1S/C33H24ClF3N2O4S/c1-19(25-4-2-3-5-27(25)34)43-31(41)39-28-26-16-24(33(35,36)37)17-38-30(26)44-29(28)22-8-6-20(7-9-22)21-10-12-23(13-11-21)32(14-15-32)42-18-40/h2-13,16-19H,14-15H2,1H3,(H,39,41)/t19-/m1/s1. The van der Waals surface area contributed by atoms with Gasteiger partial charge in [0.2, 0.25) is 0 Å². The molecule has 1 fully saturated rings. The predicted molar refractivity (Wildman–Crippen MR) is 164 cm³/mol. The van der Waals surface area contributed by atoms with E-state index in [1.165, 1.54) is 0 Å². The van der Waals surface area contributed by atoms with E-state index in [0.717, 1.165) is 53.1 Å². The molecule has 3 aromatic carbocycles. The third kappa shape index (κ3) is 5.87. The molecule has 2 heterocycles. The lowest BCUT2D eigenvalue weighted by molar-refractivity contribution is -0.138. The predicted octanol–water partition coefficient (Wildman–Crippen LogP) is 9.77. The molecule has 0 aliphatic heterocycles. The quantitative estimate of drug-likeness (QED) is 0.172.